The Labute approximate surface area is 115 Å². The molecule has 1 aromatic heterocycles. The second kappa shape index (κ2) is 5.33. The summed E-state index contributed by atoms with van der Waals surface area (Å²) in [4.78, 5) is 11.5. The van der Waals surface area contributed by atoms with Crippen molar-refractivity contribution >= 4 is 5.91 Å². The molecule has 0 saturated carbocycles. The fraction of sp³-hybridized carbons (Fsp3) is 0.714. The molecule has 0 aliphatic heterocycles. The maximum Gasteiger partial charge on any atom is 0.235 e. The molecule has 0 fully saturated rings. The summed E-state index contributed by atoms with van der Waals surface area (Å²) in [5, 5.41) is 7.55. The molecule has 5 heteroatoms. The minimum atomic E-state index is -0.356. The fourth-order valence-corrected chi connectivity index (χ4v) is 1.87. The van der Waals surface area contributed by atoms with E-state index >= 15 is 0 Å². The van der Waals surface area contributed by atoms with Crippen molar-refractivity contribution in [3.63, 3.8) is 0 Å². The summed E-state index contributed by atoms with van der Waals surface area (Å²) in [5.41, 5.74) is 6.25. The van der Waals surface area contributed by atoms with Crippen LogP contribution in [0, 0.1) is 5.41 Å². The molecule has 108 valence electrons. The molecule has 0 aliphatic carbocycles. The van der Waals surface area contributed by atoms with Gasteiger partial charge in [0.1, 0.15) is 0 Å². The van der Waals surface area contributed by atoms with E-state index in [2.05, 4.69) is 31.2 Å². The van der Waals surface area contributed by atoms with E-state index in [1.165, 1.54) is 0 Å². The van der Waals surface area contributed by atoms with Crippen molar-refractivity contribution < 1.29 is 4.79 Å². The Balaban J connectivity index is 2.71. The number of hydrogen-bond acceptors (Lipinski definition) is 3. The molecule has 0 radical (unpaired) electrons. The van der Waals surface area contributed by atoms with E-state index in [1.54, 1.807) is 0 Å². The molecular weight excluding hydrogens is 240 g/mol. The Morgan fingerprint density at radius 3 is 2.32 bits per heavy atom. The van der Waals surface area contributed by atoms with Crippen LogP contribution in [0.25, 0.3) is 0 Å². The van der Waals surface area contributed by atoms with Crippen LogP contribution < -0.4 is 11.1 Å². The number of carbonyl (C=O) groups excluding carboxylic acids is 1. The molecule has 0 saturated heterocycles. The summed E-state index contributed by atoms with van der Waals surface area (Å²) in [5.74, 6) is -0.323. The number of nitrogens with two attached hydrogens (primary N) is 1. The van der Waals surface area contributed by atoms with Gasteiger partial charge in [-0.15, -0.1) is 0 Å². The number of amides is 1. The first-order chi connectivity index (χ1) is 8.51. The van der Waals surface area contributed by atoms with E-state index in [4.69, 9.17) is 5.73 Å². The van der Waals surface area contributed by atoms with Gasteiger partial charge in [-0.05, 0) is 26.2 Å². The summed E-state index contributed by atoms with van der Waals surface area (Å²) in [6.45, 7) is 12.9. The zero-order valence-corrected chi connectivity index (χ0v) is 12.8. The molecule has 5 nitrogen and oxygen atoms in total. The predicted molar refractivity (Wildman–Crippen MR) is 76.5 cm³/mol. The zero-order chi connectivity index (χ0) is 14.8. The van der Waals surface area contributed by atoms with Crippen molar-refractivity contribution in [3.8, 4) is 0 Å². The standard InChI is InChI=1S/C14H26N4O/c1-13(2,3)11(12(15)19)16-7-10-8-17-18(9-10)14(4,5)6/h8-9,11,16H,7H2,1-6H3,(H2,15,19). The van der Waals surface area contributed by atoms with Gasteiger partial charge < -0.3 is 11.1 Å². The average Bonchev–Trinajstić information content (AvgIpc) is 2.62. The molecule has 19 heavy (non-hydrogen) atoms. The van der Waals surface area contributed by atoms with Gasteiger partial charge >= 0.3 is 0 Å². The maximum absolute atomic E-state index is 11.5. The number of nitrogens with one attached hydrogen (secondary N) is 1. The maximum atomic E-state index is 11.5. The topological polar surface area (TPSA) is 72.9 Å². The summed E-state index contributed by atoms with van der Waals surface area (Å²) in [6, 6.07) is -0.356. The van der Waals surface area contributed by atoms with Gasteiger partial charge in [0.05, 0.1) is 17.8 Å². The van der Waals surface area contributed by atoms with E-state index in [1.807, 2.05) is 37.8 Å². The van der Waals surface area contributed by atoms with Gasteiger partial charge in [-0.25, -0.2) is 0 Å². The Morgan fingerprint density at radius 1 is 1.37 bits per heavy atom. The van der Waals surface area contributed by atoms with Gasteiger partial charge in [0.2, 0.25) is 5.91 Å². The minimum Gasteiger partial charge on any atom is -0.368 e. The first-order valence-electron chi connectivity index (χ1n) is 6.58. The molecule has 1 amide bonds. The van der Waals surface area contributed by atoms with Crippen LogP contribution in [-0.4, -0.2) is 21.7 Å². The molecule has 1 aromatic rings. The number of rotatable bonds is 4. The summed E-state index contributed by atoms with van der Waals surface area (Å²) >= 11 is 0. The largest absolute Gasteiger partial charge is 0.368 e. The lowest BCUT2D eigenvalue weighted by Gasteiger charge is -2.28. The van der Waals surface area contributed by atoms with Crippen molar-refractivity contribution in [2.75, 3.05) is 0 Å². The highest BCUT2D eigenvalue weighted by atomic mass is 16.1. The molecule has 1 unspecified atom stereocenters. The van der Waals surface area contributed by atoms with Crippen LogP contribution in [0.4, 0.5) is 0 Å². The molecule has 0 aromatic carbocycles. The Kier molecular flexibility index (Phi) is 4.40. The normalized spacial score (nSPS) is 14.4. The van der Waals surface area contributed by atoms with Crippen molar-refractivity contribution in [1.29, 1.82) is 0 Å². The smallest absolute Gasteiger partial charge is 0.235 e. The quantitative estimate of drug-likeness (QED) is 0.870. The number of primary amides is 1. The highest BCUT2D eigenvalue weighted by molar-refractivity contribution is 5.80. The molecule has 1 heterocycles. The van der Waals surface area contributed by atoms with E-state index in [0.717, 1.165) is 5.56 Å². The van der Waals surface area contributed by atoms with Gasteiger partial charge in [0.25, 0.3) is 0 Å². The summed E-state index contributed by atoms with van der Waals surface area (Å²) < 4.78 is 1.92. The number of nitrogens with zero attached hydrogens (tertiary/aromatic N) is 2. The van der Waals surface area contributed by atoms with E-state index in [0.29, 0.717) is 6.54 Å². The second-order valence-electron chi connectivity index (χ2n) is 7.05. The third kappa shape index (κ3) is 4.35. The average molecular weight is 266 g/mol. The number of aromatic nitrogens is 2. The van der Waals surface area contributed by atoms with Crippen LogP contribution in [0.3, 0.4) is 0 Å². The van der Waals surface area contributed by atoms with Gasteiger partial charge in [-0.1, -0.05) is 20.8 Å². The highest BCUT2D eigenvalue weighted by Crippen LogP contribution is 2.19. The van der Waals surface area contributed by atoms with Gasteiger partial charge in [0, 0.05) is 18.3 Å². The third-order valence-electron chi connectivity index (χ3n) is 2.98. The van der Waals surface area contributed by atoms with Crippen molar-refractivity contribution in [2.45, 2.75) is 59.7 Å². The van der Waals surface area contributed by atoms with Crippen LogP contribution in [0.2, 0.25) is 0 Å². The summed E-state index contributed by atoms with van der Waals surface area (Å²) in [6.07, 6.45) is 3.81. The third-order valence-corrected chi connectivity index (χ3v) is 2.98. The molecule has 1 atom stereocenters. The van der Waals surface area contributed by atoms with Crippen LogP contribution in [-0.2, 0) is 16.9 Å². The van der Waals surface area contributed by atoms with Crippen molar-refractivity contribution in [2.24, 2.45) is 11.1 Å². The Bertz CT molecular complexity index is 437. The van der Waals surface area contributed by atoms with Crippen LogP contribution in [0.15, 0.2) is 12.4 Å². The SMILES string of the molecule is CC(C)(C)C(NCc1cnn(C(C)(C)C)c1)C(N)=O. The first-order valence-corrected chi connectivity index (χ1v) is 6.58. The van der Waals surface area contributed by atoms with Gasteiger partial charge in [0.15, 0.2) is 0 Å². The van der Waals surface area contributed by atoms with Gasteiger partial charge in [-0.2, -0.15) is 5.10 Å². The Morgan fingerprint density at radius 2 is 1.95 bits per heavy atom. The predicted octanol–water partition coefficient (Wildman–Crippen LogP) is 1.63. The lowest BCUT2D eigenvalue weighted by atomic mass is 9.86. The monoisotopic (exact) mass is 266 g/mol. The molecule has 0 bridgehead atoms. The van der Waals surface area contributed by atoms with Crippen molar-refractivity contribution in [1.82, 2.24) is 15.1 Å². The van der Waals surface area contributed by atoms with Crippen LogP contribution in [0.5, 0.6) is 0 Å². The highest BCUT2D eigenvalue weighted by Gasteiger charge is 2.29. The Hall–Kier alpha value is -1.36. The lowest BCUT2D eigenvalue weighted by molar-refractivity contribution is -0.122. The molecular formula is C14H26N4O. The molecule has 0 spiro atoms. The van der Waals surface area contributed by atoms with E-state index in [-0.39, 0.29) is 22.9 Å². The summed E-state index contributed by atoms with van der Waals surface area (Å²) in [7, 11) is 0. The first kappa shape index (κ1) is 15.7. The van der Waals surface area contributed by atoms with E-state index in [9.17, 15) is 4.79 Å². The number of hydrogen-bond donors (Lipinski definition) is 2. The zero-order valence-electron chi connectivity index (χ0n) is 12.8. The molecule has 0 aliphatic rings. The lowest BCUT2D eigenvalue weighted by Crippen LogP contribution is -2.49. The molecule has 1 rings (SSSR count). The van der Waals surface area contributed by atoms with Crippen molar-refractivity contribution in [3.05, 3.63) is 18.0 Å². The van der Waals surface area contributed by atoms with E-state index < -0.39 is 0 Å². The molecule has 3 N–H and O–H groups in total. The number of carbonyl (C=O) groups is 1. The van der Waals surface area contributed by atoms with Crippen LogP contribution in [0.1, 0.15) is 47.1 Å². The van der Waals surface area contributed by atoms with Gasteiger partial charge in [-0.3, -0.25) is 9.48 Å². The van der Waals surface area contributed by atoms with Crippen LogP contribution >= 0.6 is 0 Å². The second-order valence-corrected chi connectivity index (χ2v) is 7.05. The fourth-order valence-electron chi connectivity index (χ4n) is 1.87. The minimum absolute atomic E-state index is 0.0363.